The quantitative estimate of drug-likeness (QED) is 0.172. The fourth-order valence-corrected chi connectivity index (χ4v) is 2.06. The van der Waals surface area contributed by atoms with Gasteiger partial charge in [-0.05, 0) is 0 Å². The maximum Gasteiger partial charge on any atom is 0.424 e. The topological polar surface area (TPSA) is 9.23 Å². The Labute approximate surface area is 197 Å². The molecule has 39 heavy (non-hydrogen) atoms. The smallest absolute Gasteiger partial charge is 0.246 e. The van der Waals surface area contributed by atoms with Crippen LogP contribution in [-0.2, 0) is 4.74 Å². The minimum atomic E-state index is -7.80. The lowest BCUT2D eigenvalue weighted by Gasteiger charge is -2.38. The number of halogens is 24. The highest BCUT2D eigenvalue weighted by Crippen LogP contribution is 2.57. The van der Waals surface area contributed by atoms with Crippen molar-refractivity contribution in [3.63, 3.8) is 0 Å². The molecule has 0 aliphatic carbocycles. The highest BCUT2D eigenvalue weighted by molar-refractivity contribution is 5.03. The molecular weight excluding hydrogens is 640 g/mol. The van der Waals surface area contributed by atoms with Crippen molar-refractivity contribution in [2.24, 2.45) is 0 Å². The summed E-state index contributed by atoms with van der Waals surface area (Å²) in [7, 11) is 0. The van der Waals surface area contributed by atoms with Gasteiger partial charge in [-0.15, -0.1) is 0 Å². The molecule has 0 amide bonds. The summed E-state index contributed by atoms with van der Waals surface area (Å²) in [4.78, 5) is 0. The van der Waals surface area contributed by atoms with E-state index in [0.717, 1.165) is 0 Å². The van der Waals surface area contributed by atoms with Crippen LogP contribution in [0.1, 0.15) is 12.8 Å². The van der Waals surface area contributed by atoms with E-state index >= 15 is 0 Å². The zero-order chi connectivity index (χ0) is 32.3. The van der Waals surface area contributed by atoms with Crippen LogP contribution in [-0.4, -0.2) is 72.4 Å². The van der Waals surface area contributed by atoms with Crippen LogP contribution < -0.4 is 0 Å². The number of hydrogen-bond donors (Lipinski definition) is 0. The van der Waals surface area contributed by atoms with Gasteiger partial charge in [-0.1, -0.05) is 0 Å². The third kappa shape index (κ3) is 6.30. The molecule has 0 heterocycles. The van der Waals surface area contributed by atoms with Crippen LogP contribution in [0.2, 0.25) is 0 Å². The molecule has 0 radical (unpaired) electrons. The number of hydrogen-bond acceptors (Lipinski definition) is 1. The van der Waals surface area contributed by atoms with Crippen LogP contribution in [0.5, 0.6) is 0 Å². The average molecular weight is 646 g/mol. The molecular formula is C14H6F24O. The van der Waals surface area contributed by atoms with Crippen molar-refractivity contribution < 1.29 is 110 Å². The standard InChI is InChI=1S/C14H6F24O/c15-3(16)9(27,28)11(31,32)5(19,20)1-7(23,24)13(35,36)39-14(37,38)8(25,26)2-6(21,22)12(33,34)10(29,30)4(17)18/h3-4H,1-2H2. The zero-order valence-corrected chi connectivity index (χ0v) is 17.0. The second kappa shape index (κ2) is 9.98. The Morgan fingerprint density at radius 3 is 0.744 bits per heavy atom. The predicted molar refractivity (Wildman–Crippen MR) is 71.8 cm³/mol. The normalized spacial score (nSPS) is 16.5. The maximum absolute atomic E-state index is 13.4. The molecule has 0 saturated carbocycles. The first kappa shape index (κ1) is 37.3. The summed E-state index contributed by atoms with van der Waals surface area (Å²) in [6.45, 7) is 0. The van der Waals surface area contributed by atoms with Crippen LogP contribution in [0.4, 0.5) is 105 Å². The fraction of sp³-hybridized carbons (Fsp3) is 1.00. The summed E-state index contributed by atoms with van der Waals surface area (Å²) in [5, 5.41) is 0. The molecule has 0 aromatic carbocycles. The van der Waals surface area contributed by atoms with E-state index in [9.17, 15) is 105 Å². The lowest BCUT2D eigenvalue weighted by Crippen LogP contribution is -2.63. The highest BCUT2D eigenvalue weighted by Gasteiger charge is 2.81. The molecule has 0 fully saturated rings. The zero-order valence-electron chi connectivity index (χ0n) is 17.0. The van der Waals surface area contributed by atoms with E-state index in [0.29, 0.717) is 0 Å². The van der Waals surface area contributed by atoms with Gasteiger partial charge in [0.15, 0.2) is 0 Å². The lowest BCUT2D eigenvalue weighted by molar-refractivity contribution is -0.479. The average Bonchev–Trinajstić information content (AvgIpc) is 2.64. The van der Waals surface area contributed by atoms with Crippen molar-refractivity contribution in [1.29, 1.82) is 0 Å². The van der Waals surface area contributed by atoms with Gasteiger partial charge in [0, 0.05) is 0 Å². The Morgan fingerprint density at radius 2 is 0.564 bits per heavy atom. The Hall–Kier alpha value is -1.72. The van der Waals surface area contributed by atoms with Crippen molar-refractivity contribution in [3.05, 3.63) is 0 Å². The molecule has 0 aromatic heterocycles. The van der Waals surface area contributed by atoms with Crippen LogP contribution in [0.25, 0.3) is 0 Å². The minimum Gasteiger partial charge on any atom is -0.246 e. The molecule has 0 saturated heterocycles. The van der Waals surface area contributed by atoms with Crippen LogP contribution in [0.15, 0.2) is 0 Å². The van der Waals surface area contributed by atoms with Crippen molar-refractivity contribution >= 4 is 0 Å². The molecule has 1 nitrogen and oxygen atoms in total. The molecule has 0 spiro atoms. The van der Waals surface area contributed by atoms with Gasteiger partial charge in [0.2, 0.25) is 0 Å². The summed E-state index contributed by atoms with van der Waals surface area (Å²) in [6.07, 6.45) is -37.1. The van der Waals surface area contributed by atoms with Gasteiger partial charge < -0.3 is 0 Å². The third-order valence-electron chi connectivity index (χ3n) is 4.30. The third-order valence-corrected chi connectivity index (χ3v) is 4.30. The van der Waals surface area contributed by atoms with Crippen LogP contribution in [0.3, 0.4) is 0 Å². The van der Waals surface area contributed by atoms with Gasteiger partial charge in [-0.2, -0.15) is 87.8 Å². The van der Waals surface area contributed by atoms with Gasteiger partial charge in [0.05, 0.1) is 12.8 Å². The fourth-order valence-electron chi connectivity index (χ4n) is 2.06. The van der Waals surface area contributed by atoms with Crippen molar-refractivity contribution in [3.8, 4) is 0 Å². The Bertz CT molecular complexity index is 774. The van der Waals surface area contributed by atoms with E-state index in [1.807, 2.05) is 0 Å². The maximum atomic E-state index is 13.4. The molecule has 25 heteroatoms. The molecule has 0 unspecified atom stereocenters. The second-order valence-corrected chi connectivity index (χ2v) is 7.30. The SMILES string of the molecule is FC(F)C(F)(F)C(F)(F)C(F)(F)CC(F)(F)C(F)(F)OC(F)(F)C(F)(F)CC(F)(F)C(F)(F)C(F)(F)C(F)F. The summed E-state index contributed by atoms with van der Waals surface area (Å²) >= 11 is 0. The summed E-state index contributed by atoms with van der Waals surface area (Å²) in [5.41, 5.74) is 0. The van der Waals surface area contributed by atoms with Crippen molar-refractivity contribution in [2.45, 2.75) is 85.3 Å². The molecule has 0 aliphatic rings. The first-order valence-electron chi connectivity index (χ1n) is 8.55. The second-order valence-electron chi connectivity index (χ2n) is 7.30. The first-order chi connectivity index (χ1) is 16.5. The van der Waals surface area contributed by atoms with Gasteiger partial charge in [-0.25, -0.2) is 22.3 Å². The number of alkyl halides is 24. The Morgan fingerprint density at radius 1 is 0.359 bits per heavy atom. The van der Waals surface area contributed by atoms with E-state index in [1.165, 1.54) is 4.74 Å². The Balaban J connectivity index is 6.27. The molecule has 0 aromatic rings. The number of ether oxygens (including phenoxy) is 1. The van der Waals surface area contributed by atoms with Crippen molar-refractivity contribution in [2.75, 3.05) is 0 Å². The van der Waals surface area contributed by atoms with Gasteiger partial charge in [0.1, 0.15) is 0 Å². The van der Waals surface area contributed by atoms with Gasteiger partial charge in [0.25, 0.3) is 0 Å². The monoisotopic (exact) mass is 646 g/mol. The first-order valence-corrected chi connectivity index (χ1v) is 8.55. The van der Waals surface area contributed by atoms with Gasteiger partial charge in [-0.3, -0.25) is 0 Å². The van der Waals surface area contributed by atoms with E-state index in [4.69, 9.17) is 0 Å². The Kier molecular flexibility index (Phi) is 9.54. The van der Waals surface area contributed by atoms with Gasteiger partial charge >= 0.3 is 72.4 Å². The highest BCUT2D eigenvalue weighted by atomic mass is 19.4. The molecule has 0 atom stereocenters. The summed E-state index contributed by atoms with van der Waals surface area (Å²) in [6, 6.07) is 0. The molecule has 0 N–H and O–H groups in total. The largest absolute Gasteiger partial charge is 0.424 e. The van der Waals surface area contributed by atoms with Crippen molar-refractivity contribution in [1.82, 2.24) is 0 Å². The summed E-state index contributed by atoms with van der Waals surface area (Å²) < 4.78 is 311. The minimum absolute atomic E-state index is 1.34. The number of rotatable bonds is 14. The predicted octanol–water partition coefficient (Wildman–Crippen LogP) is 8.58. The van der Waals surface area contributed by atoms with E-state index < -0.39 is 85.3 Å². The van der Waals surface area contributed by atoms with E-state index in [1.54, 1.807) is 0 Å². The molecule has 0 rings (SSSR count). The lowest BCUT2D eigenvalue weighted by atomic mass is 9.97. The molecule has 0 aliphatic heterocycles. The van der Waals surface area contributed by atoms with E-state index in [2.05, 4.69) is 0 Å². The molecule has 0 bridgehead atoms. The summed E-state index contributed by atoms with van der Waals surface area (Å²) in [5.74, 6) is -60.0. The van der Waals surface area contributed by atoms with Crippen LogP contribution >= 0.6 is 0 Å². The van der Waals surface area contributed by atoms with E-state index in [-0.39, 0.29) is 0 Å². The van der Waals surface area contributed by atoms with Crippen LogP contribution in [0, 0.1) is 0 Å². The molecule has 236 valence electrons.